The van der Waals surface area contributed by atoms with E-state index in [1.807, 2.05) is 19.9 Å². The standard InChI is InChI=1S/C18H23N3O4S/c1-12-9-13(2)20-17(25-5)16(12)11-19-26(23,24)15-8-6-7-14(10-15)18(22)21(3)4/h6-10,19H,11H2,1-5H3. The van der Waals surface area contributed by atoms with Crippen LogP contribution in [0.3, 0.4) is 0 Å². The van der Waals surface area contributed by atoms with E-state index in [4.69, 9.17) is 4.74 Å². The smallest absolute Gasteiger partial charge is 0.253 e. The van der Waals surface area contributed by atoms with Crippen LogP contribution in [0.5, 0.6) is 5.88 Å². The summed E-state index contributed by atoms with van der Waals surface area (Å²) < 4.78 is 33.1. The summed E-state index contributed by atoms with van der Waals surface area (Å²) in [7, 11) is 0.924. The highest BCUT2D eigenvalue weighted by Gasteiger charge is 2.19. The van der Waals surface area contributed by atoms with Gasteiger partial charge in [-0.2, -0.15) is 0 Å². The lowest BCUT2D eigenvalue weighted by atomic mass is 10.1. The molecule has 1 aromatic heterocycles. The maximum atomic E-state index is 12.6. The molecule has 0 spiro atoms. The summed E-state index contributed by atoms with van der Waals surface area (Å²) in [6.07, 6.45) is 0. The van der Waals surface area contributed by atoms with Gasteiger partial charge in [0, 0.05) is 37.5 Å². The van der Waals surface area contributed by atoms with Crippen LogP contribution in [0.2, 0.25) is 0 Å². The lowest BCUT2D eigenvalue weighted by Gasteiger charge is -2.14. The third-order valence-corrected chi connectivity index (χ3v) is 5.27. The Morgan fingerprint density at radius 1 is 1.23 bits per heavy atom. The second-order valence-electron chi connectivity index (χ2n) is 6.12. The predicted molar refractivity (Wildman–Crippen MR) is 98.7 cm³/mol. The molecule has 0 saturated heterocycles. The van der Waals surface area contributed by atoms with Crippen LogP contribution in [-0.4, -0.2) is 45.4 Å². The molecule has 2 aromatic rings. The molecule has 1 amide bonds. The molecule has 140 valence electrons. The molecule has 0 atom stereocenters. The number of amides is 1. The summed E-state index contributed by atoms with van der Waals surface area (Å²) in [6, 6.07) is 7.81. The van der Waals surface area contributed by atoms with Gasteiger partial charge in [0.2, 0.25) is 15.9 Å². The summed E-state index contributed by atoms with van der Waals surface area (Å²) >= 11 is 0. The van der Waals surface area contributed by atoms with Crippen molar-refractivity contribution in [1.82, 2.24) is 14.6 Å². The molecule has 1 N–H and O–H groups in total. The fourth-order valence-corrected chi connectivity index (χ4v) is 3.56. The number of carbonyl (C=O) groups excluding carboxylic acids is 1. The minimum Gasteiger partial charge on any atom is -0.481 e. The van der Waals surface area contributed by atoms with Crippen molar-refractivity contribution >= 4 is 15.9 Å². The summed E-state index contributed by atoms with van der Waals surface area (Å²) in [5.74, 6) is 0.129. The highest BCUT2D eigenvalue weighted by atomic mass is 32.2. The first-order valence-corrected chi connectivity index (χ1v) is 9.46. The molecule has 0 aliphatic heterocycles. The molecule has 0 aliphatic rings. The van der Waals surface area contributed by atoms with Gasteiger partial charge in [-0.3, -0.25) is 4.79 Å². The quantitative estimate of drug-likeness (QED) is 0.830. The van der Waals surface area contributed by atoms with Crippen LogP contribution in [0.15, 0.2) is 35.2 Å². The fraction of sp³-hybridized carbons (Fsp3) is 0.333. The number of sulfonamides is 1. The van der Waals surface area contributed by atoms with E-state index in [1.165, 1.54) is 24.1 Å². The van der Waals surface area contributed by atoms with E-state index < -0.39 is 10.0 Å². The Balaban J connectivity index is 2.28. The van der Waals surface area contributed by atoms with Gasteiger partial charge in [0.1, 0.15) is 0 Å². The first-order valence-electron chi connectivity index (χ1n) is 7.98. The summed E-state index contributed by atoms with van der Waals surface area (Å²) in [5.41, 5.74) is 2.65. The van der Waals surface area contributed by atoms with Crippen molar-refractivity contribution in [2.24, 2.45) is 0 Å². The van der Waals surface area contributed by atoms with Gasteiger partial charge in [-0.05, 0) is 43.7 Å². The minimum atomic E-state index is -3.80. The van der Waals surface area contributed by atoms with Gasteiger partial charge in [-0.15, -0.1) is 0 Å². The lowest BCUT2D eigenvalue weighted by molar-refractivity contribution is 0.0827. The number of benzene rings is 1. The van der Waals surface area contributed by atoms with Crippen LogP contribution in [0.1, 0.15) is 27.2 Å². The molecule has 0 aliphatic carbocycles. The molecule has 0 bridgehead atoms. The molecule has 7 nitrogen and oxygen atoms in total. The van der Waals surface area contributed by atoms with E-state index in [1.54, 1.807) is 26.2 Å². The highest BCUT2D eigenvalue weighted by molar-refractivity contribution is 7.89. The van der Waals surface area contributed by atoms with Crippen LogP contribution in [0, 0.1) is 13.8 Å². The van der Waals surface area contributed by atoms with E-state index in [0.29, 0.717) is 17.0 Å². The molecule has 26 heavy (non-hydrogen) atoms. The number of nitrogens with one attached hydrogen (secondary N) is 1. The average Bonchev–Trinajstić information content (AvgIpc) is 2.59. The van der Waals surface area contributed by atoms with Crippen LogP contribution < -0.4 is 9.46 Å². The van der Waals surface area contributed by atoms with Gasteiger partial charge in [-0.25, -0.2) is 18.1 Å². The Labute approximate surface area is 154 Å². The number of hydrogen-bond donors (Lipinski definition) is 1. The Kier molecular flexibility index (Phi) is 5.99. The molecule has 0 saturated carbocycles. The molecule has 0 fully saturated rings. The van der Waals surface area contributed by atoms with Crippen molar-refractivity contribution in [3.05, 3.63) is 52.7 Å². The SMILES string of the molecule is COc1nc(C)cc(C)c1CNS(=O)(=O)c1cccc(C(=O)N(C)C)c1. The largest absolute Gasteiger partial charge is 0.481 e. The van der Waals surface area contributed by atoms with Crippen molar-refractivity contribution < 1.29 is 17.9 Å². The van der Waals surface area contributed by atoms with Crippen molar-refractivity contribution in [2.45, 2.75) is 25.3 Å². The second kappa shape index (κ2) is 7.84. The Hall–Kier alpha value is -2.45. The molecule has 2 rings (SSSR count). The van der Waals surface area contributed by atoms with Crippen LogP contribution in [-0.2, 0) is 16.6 Å². The number of pyridine rings is 1. The summed E-state index contributed by atoms with van der Waals surface area (Å²) in [6.45, 7) is 3.75. The number of methoxy groups -OCH3 is 1. The van der Waals surface area contributed by atoms with Gasteiger partial charge in [0.05, 0.1) is 12.0 Å². The number of aromatic nitrogens is 1. The van der Waals surface area contributed by atoms with Gasteiger partial charge >= 0.3 is 0 Å². The minimum absolute atomic E-state index is 0.0295. The van der Waals surface area contributed by atoms with Crippen LogP contribution in [0.25, 0.3) is 0 Å². The third kappa shape index (κ3) is 4.39. The zero-order valence-electron chi connectivity index (χ0n) is 15.5. The number of rotatable bonds is 6. The van der Waals surface area contributed by atoms with Crippen molar-refractivity contribution in [1.29, 1.82) is 0 Å². The zero-order valence-corrected chi connectivity index (χ0v) is 16.3. The maximum Gasteiger partial charge on any atom is 0.253 e. The average molecular weight is 377 g/mol. The molecule has 0 unspecified atom stereocenters. The van der Waals surface area contributed by atoms with Crippen molar-refractivity contribution in [2.75, 3.05) is 21.2 Å². The van der Waals surface area contributed by atoms with Gasteiger partial charge < -0.3 is 9.64 Å². The van der Waals surface area contributed by atoms with Crippen molar-refractivity contribution in [3.8, 4) is 5.88 Å². The predicted octanol–water partition coefficient (Wildman–Crippen LogP) is 1.89. The first-order chi connectivity index (χ1) is 12.2. The number of carbonyl (C=O) groups is 1. The van der Waals surface area contributed by atoms with E-state index in [0.717, 1.165) is 11.3 Å². The number of nitrogens with zero attached hydrogens (tertiary/aromatic N) is 2. The fourth-order valence-electron chi connectivity index (χ4n) is 2.52. The van der Waals surface area contributed by atoms with Crippen LogP contribution >= 0.6 is 0 Å². The lowest BCUT2D eigenvalue weighted by Crippen LogP contribution is -2.25. The normalized spacial score (nSPS) is 11.3. The molecule has 8 heteroatoms. The van der Waals surface area contributed by atoms with E-state index in [-0.39, 0.29) is 17.3 Å². The van der Waals surface area contributed by atoms with Gasteiger partial charge in [0.25, 0.3) is 5.91 Å². The summed E-state index contributed by atoms with van der Waals surface area (Å²) in [4.78, 5) is 17.7. The Bertz CT molecular complexity index is 924. The summed E-state index contributed by atoms with van der Waals surface area (Å²) in [5, 5.41) is 0. The molecule has 0 radical (unpaired) electrons. The maximum absolute atomic E-state index is 12.6. The molecular formula is C18H23N3O4S. The van der Waals surface area contributed by atoms with E-state index in [9.17, 15) is 13.2 Å². The molecular weight excluding hydrogens is 354 g/mol. The zero-order chi connectivity index (χ0) is 19.5. The number of ether oxygens (including phenoxy) is 1. The van der Waals surface area contributed by atoms with Crippen LogP contribution in [0.4, 0.5) is 0 Å². The topological polar surface area (TPSA) is 88.6 Å². The molecule has 1 heterocycles. The monoisotopic (exact) mass is 377 g/mol. The van der Waals surface area contributed by atoms with E-state index in [2.05, 4.69) is 9.71 Å². The highest BCUT2D eigenvalue weighted by Crippen LogP contribution is 2.21. The van der Waals surface area contributed by atoms with Gasteiger partial charge in [-0.1, -0.05) is 6.07 Å². The number of aryl methyl sites for hydroxylation is 2. The first kappa shape index (κ1) is 19.9. The Morgan fingerprint density at radius 3 is 2.54 bits per heavy atom. The van der Waals surface area contributed by atoms with Gasteiger partial charge in [0.15, 0.2) is 0 Å². The third-order valence-electron chi connectivity index (χ3n) is 3.87. The van der Waals surface area contributed by atoms with Crippen molar-refractivity contribution in [3.63, 3.8) is 0 Å². The van der Waals surface area contributed by atoms with E-state index >= 15 is 0 Å². The second-order valence-corrected chi connectivity index (χ2v) is 7.89. The Morgan fingerprint density at radius 2 is 1.92 bits per heavy atom. The molecule has 1 aromatic carbocycles. The number of hydrogen-bond acceptors (Lipinski definition) is 5.